The number of rotatable bonds is 3. The van der Waals surface area contributed by atoms with Gasteiger partial charge in [-0.1, -0.05) is 17.7 Å². The molecule has 0 bridgehead atoms. The molecule has 0 unspecified atom stereocenters. The lowest BCUT2D eigenvalue weighted by atomic mass is 10.2. The number of anilines is 2. The monoisotopic (exact) mass is 339 g/mol. The zero-order chi connectivity index (χ0) is 16.7. The molecule has 0 atom stereocenters. The van der Waals surface area contributed by atoms with Crippen LogP contribution >= 0.6 is 11.6 Å². The summed E-state index contributed by atoms with van der Waals surface area (Å²) >= 11 is 6.19. The van der Waals surface area contributed by atoms with E-state index in [9.17, 15) is 0 Å². The van der Waals surface area contributed by atoms with Crippen LogP contribution in [0.25, 0.3) is 16.7 Å². The molecule has 0 spiro atoms. The van der Waals surface area contributed by atoms with Gasteiger partial charge in [0.1, 0.15) is 12.1 Å². The summed E-state index contributed by atoms with van der Waals surface area (Å²) in [5.74, 6) is 1.24. The third-order valence-electron chi connectivity index (χ3n) is 3.80. The normalized spacial score (nSPS) is 11.1. The van der Waals surface area contributed by atoms with Crippen molar-refractivity contribution in [1.29, 1.82) is 0 Å². The van der Waals surface area contributed by atoms with Crippen molar-refractivity contribution < 1.29 is 4.74 Å². The van der Waals surface area contributed by atoms with E-state index in [0.29, 0.717) is 22.2 Å². The van der Waals surface area contributed by atoms with E-state index in [1.165, 1.54) is 0 Å². The minimum absolute atomic E-state index is 0.524. The molecule has 2 heterocycles. The first-order valence-corrected chi connectivity index (χ1v) is 7.74. The Morgan fingerprint density at radius 2 is 2.04 bits per heavy atom. The van der Waals surface area contributed by atoms with Crippen molar-refractivity contribution in [3.05, 3.63) is 53.3 Å². The Morgan fingerprint density at radius 3 is 2.83 bits per heavy atom. The maximum absolute atomic E-state index is 6.19. The van der Waals surface area contributed by atoms with Crippen LogP contribution in [0, 0.1) is 6.92 Å². The van der Waals surface area contributed by atoms with E-state index in [1.54, 1.807) is 25.6 Å². The predicted octanol–water partition coefficient (Wildman–Crippen LogP) is 3.99. The Morgan fingerprint density at radius 1 is 1.17 bits per heavy atom. The third-order valence-corrected chi connectivity index (χ3v) is 4.09. The van der Waals surface area contributed by atoms with Gasteiger partial charge < -0.3 is 10.1 Å². The summed E-state index contributed by atoms with van der Waals surface area (Å²) in [6.45, 7) is 2.04. The van der Waals surface area contributed by atoms with Gasteiger partial charge in [-0.2, -0.15) is 0 Å². The molecule has 2 aromatic carbocycles. The maximum atomic E-state index is 6.19. The Labute approximate surface area is 143 Å². The molecule has 0 fully saturated rings. The van der Waals surface area contributed by atoms with Gasteiger partial charge in [-0.25, -0.2) is 4.98 Å². The van der Waals surface area contributed by atoms with Crippen molar-refractivity contribution in [2.75, 3.05) is 12.4 Å². The lowest BCUT2D eigenvalue weighted by molar-refractivity contribution is 0.415. The number of nitrogens with zero attached hydrogens (tertiary/aromatic N) is 4. The highest BCUT2D eigenvalue weighted by atomic mass is 35.5. The molecule has 7 heteroatoms. The molecular formula is C17H14ClN5O. The summed E-state index contributed by atoms with van der Waals surface area (Å²) in [4.78, 5) is 4.68. The average Bonchev–Trinajstić information content (AvgIpc) is 3.06. The molecule has 0 amide bonds. The van der Waals surface area contributed by atoms with Crippen molar-refractivity contribution in [2.24, 2.45) is 0 Å². The zero-order valence-electron chi connectivity index (χ0n) is 13.1. The largest absolute Gasteiger partial charge is 0.495 e. The van der Waals surface area contributed by atoms with Gasteiger partial charge >= 0.3 is 0 Å². The van der Waals surface area contributed by atoms with Gasteiger partial charge in [0.2, 0.25) is 5.65 Å². The number of nitrogens with one attached hydrogen (secondary N) is 1. The van der Waals surface area contributed by atoms with Gasteiger partial charge in [-0.05, 0) is 42.8 Å². The highest BCUT2D eigenvalue weighted by molar-refractivity contribution is 6.32. The number of ether oxygens (including phenoxy) is 1. The third kappa shape index (κ3) is 2.41. The molecule has 0 saturated heterocycles. The SMILES string of the molecule is COc1ccc(Nc2nc3ccc(C)cc3n3cnnc23)cc1Cl. The highest BCUT2D eigenvalue weighted by Crippen LogP contribution is 2.30. The molecule has 0 saturated carbocycles. The minimum atomic E-state index is 0.524. The van der Waals surface area contributed by atoms with Crippen molar-refractivity contribution in [3.63, 3.8) is 0 Å². The van der Waals surface area contributed by atoms with Crippen molar-refractivity contribution in [2.45, 2.75) is 6.92 Å². The number of halogens is 1. The van der Waals surface area contributed by atoms with E-state index >= 15 is 0 Å². The van der Waals surface area contributed by atoms with Gasteiger partial charge in [-0.15, -0.1) is 10.2 Å². The Kier molecular flexibility index (Phi) is 3.46. The van der Waals surface area contributed by atoms with Crippen LogP contribution in [0.1, 0.15) is 5.56 Å². The Hall–Kier alpha value is -2.86. The van der Waals surface area contributed by atoms with Crippen molar-refractivity contribution in [3.8, 4) is 5.75 Å². The number of hydrogen-bond donors (Lipinski definition) is 1. The molecule has 0 aliphatic rings. The van der Waals surface area contributed by atoms with E-state index in [-0.39, 0.29) is 0 Å². The fourth-order valence-electron chi connectivity index (χ4n) is 2.63. The molecule has 0 aliphatic heterocycles. The molecule has 0 radical (unpaired) electrons. The Balaban J connectivity index is 1.85. The molecule has 6 nitrogen and oxygen atoms in total. The number of benzene rings is 2. The number of fused-ring (bicyclic) bond motifs is 3. The first-order valence-electron chi connectivity index (χ1n) is 7.36. The second-order valence-electron chi connectivity index (χ2n) is 5.45. The summed E-state index contributed by atoms with van der Waals surface area (Å²) in [5.41, 5.74) is 4.43. The second kappa shape index (κ2) is 5.65. The highest BCUT2D eigenvalue weighted by Gasteiger charge is 2.11. The topological polar surface area (TPSA) is 64.3 Å². The van der Waals surface area contributed by atoms with Gasteiger partial charge in [0.15, 0.2) is 5.82 Å². The van der Waals surface area contributed by atoms with Crippen molar-refractivity contribution >= 4 is 39.8 Å². The van der Waals surface area contributed by atoms with E-state index < -0.39 is 0 Å². The molecule has 2 aromatic heterocycles. The molecule has 24 heavy (non-hydrogen) atoms. The summed E-state index contributed by atoms with van der Waals surface area (Å²) in [6.07, 6.45) is 1.69. The first-order chi connectivity index (χ1) is 11.7. The van der Waals surface area contributed by atoms with Crippen LogP contribution in [0.15, 0.2) is 42.7 Å². The number of hydrogen-bond acceptors (Lipinski definition) is 5. The predicted molar refractivity (Wildman–Crippen MR) is 94.3 cm³/mol. The van der Waals surface area contributed by atoms with Crippen LogP contribution in [0.3, 0.4) is 0 Å². The van der Waals surface area contributed by atoms with Crippen LogP contribution in [0.2, 0.25) is 5.02 Å². The smallest absolute Gasteiger partial charge is 0.204 e. The lowest BCUT2D eigenvalue weighted by Crippen LogP contribution is -2.00. The summed E-state index contributed by atoms with van der Waals surface area (Å²) in [5, 5.41) is 12.0. The summed E-state index contributed by atoms with van der Waals surface area (Å²) in [6, 6.07) is 11.5. The molecule has 4 aromatic rings. The fourth-order valence-corrected chi connectivity index (χ4v) is 2.89. The van der Waals surface area contributed by atoms with Crippen LogP contribution in [-0.2, 0) is 0 Å². The number of aromatic nitrogens is 4. The molecule has 4 rings (SSSR count). The van der Waals surface area contributed by atoms with Crippen LogP contribution in [0.4, 0.5) is 11.5 Å². The summed E-state index contributed by atoms with van der Waals surface area (Å²) in [7, 11) is 1.58. The van der Waals surface area contributed by atoms with E-state index in [1.807, 2.05) is 29.5 Å². The van der Waals surface area contributed by atoms with E-state index in [4.69, 9.17) is 16.3 Å². The second-order valence-corrected chi connectivity index (χ2v) is 5.86. The minimum Gasteiger partial charge on any atom is -0.495 e. The average molecular weight is 340 g/mol. The van der Waals surface area contributed by atoms with Crippen LogP contribution in [-0.4, -0.2) is 26.7 Å². The standard InChI is InChI=1S/C17H14ClN5O/c1-10-3-5-13-14(7-10)23-9-19-22-17(23)16(21-13)20-11-4-6-15(24-2)12(18)8-11/h3-9H,1-2H3,(H,20,21). The molecule has 1 N–H and O–H groups in total. The fraction of sp³-hybridized carbons (Fsp3) is 0.118. The maximum Gasteiger partial charge on any atom is 0.204 e. The molecule has 120 valence electrons. The van der Waals surface area contributed by atoms with Gasteiger partial charge in [0.05, 0.1) is 23.2 Å². The number of aryl methyl sites for hydroxylation is 1. The van der Waals surface area contributed by atoms with Gasteiger partial charge in [-0.3, -0.25) is 4.40 Å². The van der Waals surface area contributed by atoms with Gasteiger partial charge in [0, 0.05) is 5.69 Å². The van der Waals surface area contributed by atoms with Crippen LogP contribution in [0.5, 0.6) is 5.75 Å². The quantitative estimate of drug-likeness (QED) is 0.611. The number of methoxy groups -OCH3 is 1. The Bertz CT molecular complexity index is 1060. The summed E-state index contributed by atoms with van der Waals surface area (Å²) < 4.78 is 7.09. The zero-order valence-corrected chi connectivity index (χ0v) is 13.9. The van der Waals surface area contributed by atoms with Gasteiger partial charge in [0.25, 0.3) is 0 Å². The molecule has 0 aliphatic carbocycles. The van der Waals surface area contributed by atoms with Crippen molar-refractivity contribution in [1.82, 2.24) is 19.6 Å². The first kappa shape index (κ1) is 14.7. The lowest BCUT2D eigenvalue weighted by Gasteiger charge is -2.11. The van der Waals surface area contributed by atoms with E-state index in [0.717, 1.165) is 22.3 Å². The molecular weight excluding hydrogens is 326 g/mol. The van der Waals surface area contributed by atoms with E-state index in [2.05, 4.69) is 26.6 Å². The van der Waals surface area contributed by atoms with Crippen LogP contribution < -0.4 is 10.1 Å².